The summed E-state index contributed by atoms with van der Waals surface area (Å²) < 4.78 is 2.18. The zero-order valence-electron chi connectivity index (χ0n) is 9.67. The van der Waals surface area contributed by atoms with Crippen molar-refractivity contribution in [2.24, 2.45) is 0 Å². The van der Waals surface area contributed by atoms with Crippen LogP contribution in [-0.4, -0.2) is 26.8 Å². The fourth-order valence-corrected chi connectivity index (χ4v) is 3.24. The number of hydrogen-bond donors (Lipinski definition) is 1. The summed E-state index contributed by atoms with van der Waals surface area (Å²) in [5.74, 6) is -0.575. The highest BCUT2D eigenvalue weighted by atomic mass is 79.9. The van der Waals surface area contributed by atoms with Gasteiger partial charge in [0.05, 0.1) is 0 Å². The zero-order valence-corrected chi connectivity index (χ0v) is 12.1. The lowest BCUT2D eigenvalue weighted by Gasteiger charge is -2.21. The molecule has 6 nitrogen and oxygen atoms in total. The van der Waals surface area contributed by atoms with Gasteiger partial charge in [-0.3, -0.25) is 14.9 Å². The zero-order chi connectivity index (χ0) is 13.4. The molecule has 1 fully saturated rings. The van der Waals surface area contributed by atoms with E-state index in [2.05, 4.69) is 31.6 Å². The lowest BCUT2D eigenvalue weighted by Crippen LogP contribution is -2.42. The fourth-order valence-electron chi connectivity index (χ4n) is 1.97. The number of imide groups is 1. The second-order valence-electron chi connectivity index (χ2n) is 4.15. The summed E-state index contributed by atoms with van der Waals surface area (Å²) in [5.41, 5.74) is 1.65. The molecule has 0 saturated carbocycles. The molecule has 8 heteroatoms. The first-order valence-electron chi connectivity index (χ1n) is 5.64. The van der Waals surface area contributed by atoms with Crippen LogP contribution in [0.4, 0.5) is 0 Å². The SMILES string of the molecule is O=C1CCC(n2nnc(-c3ccsc3)c2Br)C(=O)N1. The van der Waals surface area contributed by atoms with E-state index in [4.69, 9.17) is 0 Å². The van der Waals surface area contributed by atoms with Gasteiger partial charge in [0.2, 0.25) is 5.91 Å². The Morgan fingerprint density at radius 1 is 1.47 bits per heavy atom. The number of aromatic nitrogens is 3. The van der Waals surface area contributed by atoms with Crippen LogP contribution in [0.2, 0.25) is 0 Å². The molecule has 2 aromatic heterocycles. The minimum absolute atomic E-state index is 0.240. The molecule has 1 N–H and O–H groups in total. The first-order chi connectivity index (χ1) is 9.16. The molecular weight excluding hydrogens is 332 g/mol. The van der Waals surface area contributed by atoms with Crippen LogP contribution in [0.1, 0.15) is 18.9 Å². The number of rotatable bonds is 2. The van der Waals surface area contributed by atoms with E-state index in [9.17, 15) is 9.59 Å². The normalized spacial score (nSPS) is 19.5. The van der Waals surface area contributed by atoms with Gasteiger partial charge in [0.25, 0.3) is 5.91 Å². The molecule has 0 aliphatic carbocycles. The van der Waals surface area contributed by atoms with Gasteiger partial charge in [-0.2, -0.15) is 11.3 Å². The average Bonchev–Trinajstić information content (AvgIpc) is 2.99. The Labute approximate surface area is 120 Å². The number of thiophene rings is 1. The molecule has 1 saturated heterocycles. The molecule has 1 unspecified atom stereocenters. The van der Waals surface area contributed by atoms with E-state index < -0.39 is 6.04 Å². The van der Waals surface area contributed by atoms with Crippen LogP contribution in [-0.2, 0) is 9.59 Å². The summed E-state index contributed by atoms with van der Waals surface area (Å²) in [6, 6.07) is 1.45. The Morgan fingerprint density at radius 2 is 2.32 bits per heavy atom. The van der Waals surface area contributed by atoms with Gasteiger partial charge in [0, 0.05) is 17.4 Å². The Balaban J connectivity index is 1.94. The smallest absolute Gasteiger partial charge is 0.251 e. The van der Waals surface area contributed by atoms with Gasteiger partial charge in [-0.1, -0.05) is 5.21 Å². The van der Waals surface area contributed by atoms with Crippen LogP contribution in [0.25, 0.3) is 11.3 Å². The van der Waals surface area contributed by atoms with Crippen molar-refractivity contribution < 1.29 is 9.59 Å². The topological polar surface area (TPSA) is 76.9 Å². The second kappa shape index (κ2) is 4.86. The molecule has 3 rings (SSSR count). The summed E-state index contributed by atoms with van der Waals surface area (Å²) in [5, 5.41) is 14.3. The first-order valence-corrected chi connectivity index (χ1v) is 7.37. The van der Waals surface area contributed by atoms with Crippen molar-refractivity contribution in [1.82, 2.24) is 20.3 Å². The van der Waals surface area contributed by atoms with Gasteiger partial charge in [-0.15, -0.1) is 5.10 Å². The lowest BCUT2D eigenvalue weighted by atomic mass is 10.1. The number of piperidine rings is 1. The molecule has 2 amide bonds. The molecular formula is C11H9BrN4O2S. The maximum atomic E-state index is 11.8. The Morgan fingerprint density at radius 3 is 3.00 bits per heavy atom. The number of amides is 2. The molecule has 98 valence electrons. The third kappa shape index (κ3) is 2.21. The quantitative estimate of drug-likeness (QED) is 0.845. The van der Waals surface area contributed by atoms with Crippen molar-refractivity contribution in [2.75, 3.05) is 0 Å². The van der Waals surface area contributed by atoms with Gasteiger partial charge >= 0.3 is 0 Å². The van der Waals surface area contributed by atoms with E-state index in [1.807, 2.05) is 16.8 Å². The minimum Gasteiger partial charge on any atom is -0.295 e. The summed E-state index contributed by atoms with van der Waals surface area (Å²) in [4.78, 5) is 23.0. The molecule has 0 spiro atoms. The van der Waals surface area contributed by atoms with Crippen LogP contribution < -0.4 is 5.32 Å². The van der Waals surface area contributed by atoms with Crippen molar-refractivity contribution in [3.63, 3.8) is 0 Å². The maximum Gasteiger partial charge on any atom is 0.251 e. The fraction of sp³-hybridized carbons (Fsp3) is 0.273. The van der Waals surface area contributed by atoms with E-state index in [1.54, 1.807) is 11.3 Å². The summed E-state index contributed by atoms with van der Waals surface area (Å²) >= 11 is 5.00. The largest absolute Gasteiger partial charge is 0.295 e. The van der Waals surface area contributed by atoms with Crippen molar-refractivity contribution in [3.8, 4) is 11.3 Å². The number of nitrogens with one attached hydrogen (secondary N) is 1. The molecule has 1 aliphatic heterocycles. The number of carbonyl (C=O) groups excluding carboxylic acids is 2. The highest BCUT2D eigenvalue weighted by Crippen LogP contribution is 2.31. The van der Waals surface area contributed by atoms with E-state index in [0.717, 1.165) is 5.56 Å². The highest BCUT2D eigenvalue weighted by Gasteiger charge is 2.31. The van der Waals surface area contributed by atoms with E-state index in [-0.39, 0.29) is 11.8 Å². The van der Waals surface area contributed by atoms with Crippen molar-refractivity contribution in [1.29, 1.82) is 0 Å². The number of nitrogens with zero attached hydrogens (tertiary/aromatic N) is 3. The monoisotopic (exact) mass is 340 g/mol. The van der Waals surface area contributed by atoms with Crippen molar-refractivity contribution in [3.05, 3.63) is 21.4 Å². The van der Waals surface area contributed by atoms with Crippen LogP contribution in [0.3, 0.4) is 0 Å². The van der Waals surface area contributed by atoms with Gasteiger partial charge < -0.3 is 0 Å². The molecule has 2 aromatic rings. The first kappa shape index (κ1) is 12.5. The lowest BCUT2D eigenvalue weighted by molar-refractivity contribution is -0.136. The van der Waals surface area contributed by atoms with Crippen LogP contribution in [0.5, 0.6) is 0 Å². The van der Waals surface area contributed by atoms with E-state index in [1.165, 1.54) is 4.68 Å². The van der Waals surface area contributed by atoms with E-state index in [0.29, 0.717) is 23.1 Å². The average molecular weight is 341 g/mol. The number of hydrogen-bond acceptors (Lipinski definition) is 5. The van der Waals surface area contributed by atoms with Crippen molar-refractivity contribution >= 4 is 39.1 Å². The van der Waals surface area contributed by atoms with Crippen molar-refractivity contribution in [2.45, 2.75) is 18.9 Å². The van der Waals surface area contributed by atoms with Gasteiger partial charge in [0.15, 0.2) is 0 Å². The molecule has 0 radical (unpaired) electrons. The molecule has 1 aliphatic rings. The van der Waals surface area contributed by atoms with Gasteiger partial charge in [0.1, 0.15) is 16.3 Å². The van der Waals surface area contributed by atoms with Crippen LogP contribution in [0, 0.1) is 0 Å². The Kier molecular flexibility index (Phi) is 3.19. The Hall–Kier alpha value is -1.54. The third-order valence-corrected chi connectivity index (χ3v) is 4.36. The Bertz CT molecular complexity index is 637. The van der Waals surface area contributed by atoms with Gasteiger partial charge in [-0.05, 0) is 33.8 Å². The summed E-state index contributed by atoms with van der Waals surface area (Å²) in [6.45, 7) is 0. The third-order valence-electron chi connectivity index (χ3n) is 2.94. The minimum atomic E-state index is -0.494. The molecule has 19 heavy (non-hydrogen) atoms. The van der Waals surface area contributed by atoms with Crippen LogP contribution in [0.15, 0.2) is 21.4 Å². The number of carbonyl (C=O) groups is 2. The summed E-state index contributed by atoms with van der Waals surface area (Å²) in [6.07, 6.45) is 0.756. The predicted octanol–water partition coefficient (Wildman–Crippen LogP) is 1.75. The van der Waals surface area contributed by atoms with E-state index >= 15 is 0 Å². The highest BCUT2D eigenvalue weighted by molar-refractivity contribution is 9.10. The van der Waals surface area contributed by atoms with Crippen LogP contribution >= 0.6 is 27.3 Å². The summed E-state index contributed by atoms with van der Waals surface area (Å²) in [7, 11) is 0. The standard InChI is InChI=1S/C11H9BrN4O2S/c12-10-9(6-3-4-19-5-6)14-15-16(10)7-1-2-8(17)13-11(7)18/h3-5,7H,1-2H2,(H,13,17,18). The maximum absolute atomic E-state index is 11.8. The molecule has 0 bridgehead atoms. The predicted molar refractivity (Wildman–Crippen MR) is 72.5 cm³/mol. The molecule has 0 aromatic carbocycles. The number of halogens is 1. The van der Waals surface area contributed by atoms with Gasteiger partial charge in [-0.25, -0.2) is 4.68 Å². The molecule has 1 atom stereocenters. The molecule has 3 heterocycles. The second-order valence-corrected chi connectivity index (χ2v) is 5.68.